The second-order valence-electron chi connectivity index (χ2n) is 6.05. The number of aromatic hydroxyl groups is 1. The summed E-state index contributed by atoms with van der Waals surface area (Å²) in [7, 11) is 3.34. The summed E-state index contributed by atoms with van der Waals surface area (Å²) in [5.41, 5.74) is 0.217. The van der Waals surface area contributed by atoms with Crippen molar-refractivity contribution in [2.75, 3.05) is 20.7 Å². The highest BCUT2D eigenvalue weighted by Gasteiger charge is 2.30. The number of methoxy groups -OCH3 is 1. The van der Waals surface area contributed by atoms with Gasteiger partial charge in [0.1, 0.15) is 0 Å². The maximum Gasteiger partial charge on any atom is 0.194 e. The third kappa shape index (κ3) is 4.08. The van der Waals surface area contributed by atoms with Crippen LogP contribution in [-0.4, -0.2) is 41.4 Å². The highest BCUT2D eigenvalue weighted by molar-refractivity contribution is 5.43. The van der Waals surface area contributed by atoms with Gasteiger partial charge in [-0.25, -0.2) is 4.39 Å². The van der Waals surface area contributed by atoms with Gasteiger partial charge in [-0.3, -0.25) is 0 Å². The minimum absolute atomic E-state index is 0.146. The van der Waals surface area contributed by atoms with E-state index in [1.807, 2.05) is 11.9 Å². The fourth-order valence-corrected chi connectivity index (χ4v) is 2.95. The molecule has 1 fully saturated rings. The van der Waals surface area contributed by atoms with Gasteiger partial charge < -0.3 is 19.8 Å². The molecule has 118 valence electrons. The van der Waals surface area contributed by atoms with Gasteiger partial charge in [-0.15, -0.1) is 0 Å². The van der Waals surface area contributed by atoms with E-state index in [0.717, 1.165) is 44.2 Å². The Hall–Kier alpha value is -1.33. The number of benzene rings is 1. The fraction of sp³-hybridized carbons (Fsp3) is 0.625. The molecule has 5 heteroatoms. The summed E-state index contributed by atoms with van der Waals surface area (Å²) in [6.45, 7) is 1.30. The predicted molar refractivity (Wildman–Crippen MR) is 79.0 cm³/mol. The van der Waals surface area contributed by atoms with Crippen LogP contribution in [0.3, 0.4) is 0 Å². The van der Waals surface area contributed by atoms with Crippen LogP contribution in [0.2, 0.25) is 0 Å². The first kappa shape index (κ1) is 16.0. The number of hydrogen-bond donors (Lipinski definition) is 2. The van der Waals surface area contributed by atoms with Gasteiger partial charge in [-0.2, -0.15) is 0 Å². The molecule has 0 spiro atoms. The van der Waals surface area contributed by atoms with E-state index in [-0.39, 0.29) is 5.75 Å². The van der Waals surface area contributed by atoms with Gasteiger partial charge in [0.15, 0.2) is 17.3 Å². The first-order chi connectivity index (χ1) is 9.93. The Bertz CT molecular complexity index is 487. The molecule has 1 aliphatic rings. The first-order valence-electron chi connectivity index (χ1n) is 7.40. The van der Waals surface area contributed by atoms with Crippen LogP contribution in [0.1, 0.15) is 37.7 Å². The zero-order valence-corrected chi connectivity index (χ0v) is 12.7. The van der Waals surface area contributed by atoms with Crippen LogP contribution in [0.15, 0.2) is 12.1 Å². The molecule has 4 nitrogen and oxygen atoms in total. The molecule has 0 amide bonds. The van der Waals surface area contributed by atoms with E-state index < -0.39 is 17.2 Å². The van der Waals surface area contributed by atoms with Crippen molar-refractivity contribution in [1.82, 2.24) is 4.90 Å². The van der Waals surface area contributed by atoms with E-state index in [0.29, 0.717) is 6.54 Å². The summed E-state index contributed by atoms with van der Waals surface area (Å²) in [5, 5.41) is 19.8. The van der Waals surface area contributed by atoms with Gasteiger partial charge in [0, 0.05) is 13.1 Å². The number of aliphatic hydroxyl groups is 1. The minimum atomic E-state index is -0.674. The highest BCUT2D eigenvalue weighted by Crippen LogP contribution is 2.33. The molecule has 1 aliphatic carbocycles. The molecule has 2 rings (SSSR count). The molecule has 0 heterocycles. The summed E-state index contributed by atoms with van der Waals surface area (Å²) in [4.78, 5) is 2.04. The quantitative estimate of drug-likeness (QED) is 0.847. The van der Waals surface area contributed by atoms with E-state index in [1.54, 1.807) is 6.07 Å². The maximum absolute atomic E-state index is 13.6. The van der Waals surface area contributed by atoms with Gasteiger partial charge in [0.05, 0.1) is 12.7 Å². The number of ether oxygens (including phenoxy) is 1. The normalized spacial score (nSPS) is 17.4. The zero-order chi connectivity index (χ0) is 15.5. The molecule has 21 heavy (non-hydrogen) atoms. The molecule has 0 aromatic heterocycles. The molecular formula is C16H24FNO3. The lowest BCUT2D eigenvalue weighted by atomic mass is 9.98. The fourth-order valence-electron chi connectivity index (χ4n) is 2.95. The van der Waals surface area contributed by atoms with Crippen molar-refractivity contribution in [1.29, 1.82) is 0 Å². The lowest BCUT2D eigenvalue weighted by molar-refractivity contribution is 0.0297. The van der Waals surface area contributed by atoms with Crippen LogP contribution < -0.4 is 4.74 Å². The molecule has 2 N–H and O–H groups in total. The average molecular weight is 297 g/mol. The minimum Gasteiger partial charge on any atom is -0.502 e. The van der Waals surface area contributed by atoms with Gasteiger partial charge in [0.25, 0.3) is 0 Å². The Morgan fingerprint density at radius 1 is 1.33 bits per heavy atom. The number of halogens is 1. The van der Waals surface area contributed by atoms with Crippen molar-refractivity contribution >= 4 is 0 Å². The van der Waals surface area contributed by atoms with Crippen molar-refractivity contribution in [3.05, 3.63) is 23.5 Å². The van der Waals surface area contributed by atoms with Crippen LogP contribution in [0.5, 0.6) is 11.5 Å². The van der Waals surface area contributed by atoms with Crippen LogP contribution in [0.4, 0.5) is 4.39 Å². The molecule has 1 aromatic carbocycles. The van der Waals surface area contributed by atoms with E-state index in [4.69, 9.17) is 4.74 Å². The standard InChI is InChI=1S/C16H24FNO3/c1-18(8-7-16(20)5-3-4-6-16)11-12-9-13(17)15(19)14(10-12)21-2/h9-10,19-20H,3-8,11H2,1-2H3. The van der Waals surface area contributed by atoms with Crippen LogP contribution in [0.25, 0.3) is 0 Å². The summed E-state index contributed by atoms with van der Waals surface area (Å²) in [5.74, 6) is -0.982. The monoisotopic (exact) mass is 297 g/mol. The van der Waals surface area contributed by atoms with E-state index in [1.165, 1.54) is 13.2 Å². The third-order valence-corrected chi connectivity index (χ3v) is 4.25. The number of phenols is 1. The van der Waals surface area contributed by atoms with Crippen LogP contribution >= 0.6 is 0 Å². The Labute approximate surface area is 125 Å². The molecular weight excluding hydrogens is 273 g/mol. The summed E-state index contributed by atoms with van der Waals surface area (Å²) >= 11 is 0. The molecule has 0 unspecified atom stereocenters. The van der Waals surface area contributed by atoms with Gasteiger partial charge in [-0.1, -0.05) is 12.8 Å². The molecule has 0 saturated heterocycles. The molecule has 0 bridgehead atoms. The molecule has 1 saturated carbocycles. The number of phenolic OH excluding ortho intramolecular Hbond substituents is 1. The number of nitrogens with zero attached hydrogens (tertiary/aromatic N) is 1. The summed E-state index contributed by atoms with van der Waals surface area (Å²) in [6.07, 6.45) is 4.69. The Morgan fingerprint density at radius 3 is 2.62 bits per heavy atom. The molecule has 0 atom stereocenters. The van der Waals surface area contributed by atoms with Gasteiger partial charge in [-0.05, 0) is 44.0 Å². The second-order valence-corrected chi connectivity index (χ2v) is 6.05. The smallest absolute Gasteiger partial charge is 0.194 e. The Kier molecular flexibility index (Phi) is 5.06. The van der Waals surface area contributed by atoms with Gasteiger partial charge >= 0.3 is 0 Å². The maximum atomic E-state index is 13.6. The third-order valence-electron chi connectivity index (χ3n) is 4.25. The lowest BCUT2D eigenvalue weighted by Gasteiger charge is -2.25. The van der Waals surface area contributed by atoms with Crippen molar-refractivity contribution in [2.24, 2.45) is 0 Å². The second kappa shape index (κ2) is 6.62. The van der Waals surface area contributed by atoms with E-state index in [2.05, 4.69) is 0 Å². The molecule has 0 aliphatic heterocycles. The van der Waals surface area contributed by atoms with Crippen LogP contribution in [-0.2, 0) is 6.54 Å². The summed E-state index contributed by atoms with van der Waals surface area (Å²) < 4.78 is 18.5. The lowest BCUT2D eigenvalue weighted by Crippen LogP contribution is -2.31. The van der Waals surface area contributed by atoms with Crippen LogP contribution in [0, 0.1) is 5.82 Å². The van der Waals surface area contributed by atoms with Crippen molar-refractivity contribution in [3.8, 4) is 11.5 Å². The van der Waals surface area contributed by atoms with Gasteiger partial charge in [0.2, 0.25) is 0 Å². The van der Waals surface area contributed by atoms with Crippen molar-refractivity contribution < 1.29 is 19.3 Å². The van der Waals surface area contributed by atoms with E-state index >= 15 is 0 Å². The highest BCUT2D eigenvalue weighted by atomic mass is 19.1. The largest absolute Gasteiger partial charge is 0.502 e. The van der Waals surface area contributed by atoms with Crippen molar-refractivity contribution in [3.63, 3.8) is 0 Å². The topological polar surface area (TPSA) is 52.9 Å². The molecule has 1 aromatic rings. The Balaban J connectivity index is 1.93. The predicted octanol–water partition coefficient (Wildman–Crippen LogP) is 2.67. The average Bonchev–Trinajstić information content (AvgIpc) is 2.88. The molecule has 0 radical (unpaired) electrons. The zero-order valence-electron chi connectivity index (χ0n) is 12.7. The number of rotatable bonds is 6. The van der Waals surface area contributed by atoms with Crippen molar-refractivity contribution in [2.45, 2.75) is 44.2 Å². The SMILES string of the molecule is COc1cc(CN(C)CCC2(O)CCCC2)cc(F)c1O. The Morgan fingerprint density at radius 2 is 2.00 bits per heavy atom. The summed E-state index contributed by atoms with van der Waals surface area (Å²) in [6, 6.07) is 2.96. The van der Waals surface area contributed by atoms with E-state index in [9.17, 15) is 14.6 Å². The number of hydrogen-bond acceptors (Lipinski definition) is 4. The first-order valence-corrected chi connectivity index (χ1v) is 7.40.